The van der Waals surface area contributed by atoms with Crippen LogP contribution >= 0.6 is 24.0 Å². The molecule has 0 aliphatic rings. The molecule has 0 aliphatic carbocycles. The predicted octanol–water partition coefficient (Wildman–Crippen LogP) is 2.96. The molecule has 0 bridgehead atoms. The second-order valence-corrected chi connectivity index (χ2v) is 5.38. The van der Waals surface area contributed by atoms with Gasteiger partial charge in [0, 0.05) is 25.9 Å². The molecule has 0 radical (unpaired) electrons. The van der Waals surface area contributed by atoms with E-state index in [4.69, 9.17) is 9.15 Å². The maximum atomic E-state index is 5.54. The van der Waals surface area contributed by atoms with Gasteiger partial charge >= 0.3 is 0 Å². The maximum Gasteiger partial charge on any atom is 0.214 e. The zero-order valence-electron chi connectivity index (χ0n) is 15.1. The van der Waals surface area contributed by atoms with E-state index >= 15 is 0 Å². The molecule has 0 spiro atoms. The molecule has 8 heteroatoms. The van der Waals surface area contributed by atoms with E-state index in [9.17, 15) is 0 Å². The van der Waals surface area contributed by atoms with Crippen molar-refractivity contribution in [2.75, 3.05) is 13.7 Å². The largest absolute Gasteiger partial charge is 0.478 e. The van der Waals surface area contributed by atoms with Crippen molar-refractivity contribution < 1.29 is 9.15 Å². The monoisotopic (exact) mass is 459 g/mol. The summed E-state index contributed by atoms with van der Waals surface area (Å²) >= 11 is 0. The zero-order valence-corrected chi connectivity index (χ0v) is 17.5. The molecule has 0 saturated carbocycles. The smallest absolute Gasteiger partial charge is 0.214 e. The van der Waals surface area contributed by atoms with Gasteiger partial charge in [0.25, 0.3) is 0 Å². The molecule has 0 saturated heterocycles. The highest BCUT2D eigenvalue weighted by atomic mass is 127. The summed E-state index contributed by atoms with van der Waals surface area (Å²) in [6, 6.07) is 3.86. The number of ether oxygens (including phenoxy) is 1. The average molecular weight is 459 g/mol. The first-order valence-corrected chi connectivity index (χ1v) is 8.07. The zero-order chi connectivity index (χ0) is 17.4. The van der Waals surface area contributed by atoms with Crippen LogP contribution in [0.1, 0.15) is 36.3 Å². The average Bonchev–Trinajstić information content (AvgIpc) is 2.92. The van der Waals surface area contributed by atoms with Crippen molar-refractivity contribution >= 4 is 29.9 Å². The fourth-order valence-corrected chi connectivity index (χ4v) is 1.99. The van der Waals surface area contributed by atoms with Gasteiger partial charge in [0.1, 0.15) is 5.76 Å². The molecule has 2 rings (SSSR count). The maximum absolute atomic E-state index is 5.54. The second kappa shape index (κ2) is 10.9. The Morgan fingerprint density at radius 3 is 2.56 bits per heavy atom. The van der Waals surface area contributed by atoms with Gasteiger partial charge in [-0.25, -0.2) is 9.97 Å². The molecule has 2 heterocycles. The minimum absolute atomic E-state index is 0. The van der Waals surface area contributed by atoms with Gasteiger partial charge in [-0.1, -0.05) is 13.0 Å². The first kappa shape index (κ1) is 21.2. The van der Waals surface area contributed by atoms with E-state index < -0.39 is 0 Å². The topological polar surface area (TPSA) is 84.6 Å². The van der Waals surface area contributed by atoms with Crippen LogP contribution in [0.2, 0.25) is 0 Å². The third kappa shape index (κ3) is 6.89. The van der Waals surface area contributed by atoms with Crippen LogP contribution in [0.25, 0.3) is 0 Å². The van der Waals surface area contributed by atoms with Crippen LogP contribution < -0.4 is 15.4 Å². The number of hydrogen-bond donors (Lipinski definition) is 2. The first-order valence-electron chi connectivity index (χ1n) is 8.07. The van der Waals surface area contributed by atoms with E-state index in [1.165, 1.54) is 0 Å². The summed E-state index contributed by atoms with van der Waals surface area (Å²) in [5.74, 6) is 2.81. The van der Waals surface area contributed by atoms with Gasteiger partial charge in [0.05, 0.1) is 18.8 Å². The van der Waals surface area contributed by atoms with Crippen molar-refractivity contribution in [3.63, 3.8) is 0 Å². The molecule has 138 valence electrons. The number of halogens is 1. The molecule has 0 amide bonds. The number of aryl methyl sites for hydroxylation is 2. The van der Waals surface area contributed by atoms with E-state index in [0.717, 1.165) is 23.4 Å². The highest BCUT2D eigenvalue weighted by Gasteiger charge is 2.06. The van der Waals surface area contributed by atoms with Crippen molar-refractivity contribution in [2.45, 2.75) is 40.3 Å². The number of pyridine rings is 1. The fraction of sp³-hybridized carbons (Fsp3) is 0.471. The molecule has 0 aliphatic heterocycles. The first-order chi connectivity index (χ1) is 11.6. The summed E-state index contributed by atoms with van der Waals surface area (Å²) < 4.78 is 11.0. The normalized spacial score (nSPS) is 11.0. The number of aliphatic imine (C=N–C) groups is 1. The molecule has 0 aromatic carbocycles. The van der Waals surface area contributed by atoms with Crippen LogP contribution in [0.4, 0.5) is 0 Å². The lowest BCUT2D eigenvalue weighted by Crippen LogP contribution is -2.36. The number of oxazole rings is 1. The van der Waals surface area contributed by atoms with Gasteiger partial charge in [-0.3, -0.25) is 4.99 Å². The summed E-state index contributed by atoms with van der Waals surface area (Å²) in [5.41, 5.74) is 1.95. The van der Waals surface area contributed by atoms with Crippen LogP contribution in [0.5, 0.6) is 5.88 Å². The standard InChI is InChI=1S/C17H25N5O2.HI/c1-5-8-23-15-7-6-14(9-19-15)10-20-17(18-4)21-11-16-22-12(2)13(3)24-16;/h6-7,9H,5,8,10-11H2,1-4H3,(H2,18,20,21);1H. The van der Waals surface area contributed by atoms with Gasteiger partial charge in [-0.2, -0.15) is 0 Å². The molecule has 2 aromatic heterocycles. The Morgan fingerprint density at radius 1 is 1.24 bits per heavy atom. The number of hydrogen-bond acceptors (Lipinski definition) is 5. The van der Waals surface area contributed by atoms with E-state index in [-0.39, 0.29) is 24.0 Å². The van der Waals surface area contributed by atoms with Crippen LogP contribution in [0.15, 0.2) is 27.7 Å². The van der Waals surface area contributed by atoms with Crippen LogP contribution in [-0.4, -0.2) is 29.6 Å². The molecular weight excluding hydrogens is 433 g/mol. The summed E-state index contributed by atoms with van der Waals surface area (Å²) in [6.07, 6.45) is 2.77. The number of nitrogens with zero attached hydrogens (tertiary/aromatic N) is 3. The second-order valence-electron chi connectivity index (χ2n) is 5.38. The molecular formula is C17H26IN5O2. The highest BCUT2D eigenvalue weighted by molar-refractivity contribution is 14.0. The SMILES string of the molecule is CCCOc1ccc(CNC(=NC)NCc2nc(C)c(C)o2)cn1.I. The highest BCUT2D eigenvalue weighted by Crippen LogP contribution is 2.08. The van der Waals surface area contributed by atoms with Crippen LogP contribution in [-0.2, 0) is 13.1 Å². The lowest BCUT2D eigenvalue weighted by Gasteiger charge is -2.11. The van der Waals surface area contributed by atoms with Crippen molar-refractivity contribution in [1.29, 1.82) is 0 Å². The molecule has 0 unspecified atom stereocenters. The van der Waals surface area contributed by atoms with E-state index in [1.807, 2.05) is 26.0 Å². The number of nitrogens with one attached hydrogen (secondary N) is 2. The van der Waals surface area contributed by atoms with Crippen molar-refractivity contribution in [3.8, 4) is 5.88 Å². The molecule has 0 fully saturated rings. The minimum atomic E-state index is 0. The number of aromatic nitrogens is 2. The van der Waals surface area contributed by atoms with Gasteiger partial charge in [0.15, 0.2) is 5.96 Å². The minimum Gasteiger partial charge on any atom is -0.478 e. The molecule has 7 nitrogen and oxygen atoms in total. The third-order valence-corrected chi connectivity index (χ3v) is 3.42. The van der Waals surface area contributed by atoms with Gasteiger partial charge in [-0.15, -0.1) is 24.0 Å². The molecule has 25 heavy (non-hydrogen) atoms. The van der Waals surface area contributed by atoms with Gasteiger partial charge in [0.2, 0.25) is 11.8 Å². The Bertz CT molecular complexity index is 651. The van der Waals surface area contributed by atoms with Crippen molar-refractivity contribution in [3.05, 3.63) is 41.2 Å². The van der Waals surface area contributed by atoms with Gasteiger partial charge < -0.3 is 19.8 Å². The summed E-state index contributed by atoms with van der Waals surface area (Å²) in [5, 5.41) is 6.40. The summed E-state index contributed by atoms with van der Waals surface area (Å²) in [7, 11) is 1.72. The van der Waals surface area contributed by atoms with E-state index in [1.54, 1.807) is 13.2 Å². The molecule has 0 atom stereocenters. The lowest BCUT2D eigenvalue weighted by atomic mass is 10.3. The Hall–Kier alpha value is -1.84. The Morgan fingerprint density at radius 2 is 2.00 bits per heavy atom. The quantitative estimate of drug-likeness (QED) is 0.376. The summed E-state index contributed by atoms with van der Waals surface area (Å²) in [6.45, 7) is 7.68. The Balaban J connectivity index is 0.00000312. The summed E-state index contributed by atoms with van der Waals surface area (Å²) in [4.78, 5) is 12.8. The van der Waals surface area contributed by atoms with Crippen LogP contribution in [0.3, 0.4) is 0 Å². The number of guanidine groups is 1. The van der Waals surface area contributed by atoms with Crippen LogP contribution in [0, 0.1) is 13.8 Å². The van der Waals surface area contributed by atoms with Crippen molar-refractivity contribution in [2.24, 2.45) is 4.99 Å². The third-order valence-electron chi connectivity index (χ3n) is 3.42. The van der Waals surface area contributed by atoms with Crippen molar-refractivity contribution in [1.82, 2.24) is 20.6 Å². The number of rotatable bonds is 7. The Labute approximate surface area is 165 Å². The molecule has 2 aromatic rings. The fourth-order valence-electron chi connectivity index (χ4n) is 1.99. The Kier molecular flexibility index (Phi) is 9.25. The predicted molar refractivity (Wildman–Crippen MR) is 108 cm³/mol. The van der Waals surface area contributed by atoms with E-state index in [2.05, 4.69) is 32.5 Å². The lowest BCUT2D eigenvalue weighted by molar-refractivity contribution is 0.305. The van der Waals surface area contributed by atoms with E-state index in [0.29, 0.717) is 37.4 Å². The van der Waals surface area contributed by atoms with Gasteiger partial charge in [-0.05, 0) is 25.8 Å². The molecule has 2 N–H and O–H groups in total.